The average molecular weight is 165 g/mol. The second-order valence-corrected chi connectivity index (χ2v) is 2.92. The van der Waals surface area contributed by atoms with Crippen LogP contribution in [0.1, 0.15) is 12.5 Å². The van der Waals surface area contributed by atoms with Crippen LogP contribution in [0.25, 0.3) is 0 Å². The predicted molar refractivity (Wildman–Crippen MR) is 50.7 cm³/mol. The molecule has 0 aliphatic rings. The number of hydrogen-bond donors (Lipinski definition) is 1. The number of rotatable bonds is 3. The molecule has 3 nitrogen and oxygen atoms in total. The molecule has 0 amide bonds. The van der Waals surface area contributed by atoms with E-state index in [-0.39, 0.29) is 0 Å². The smallest absolute Gasteiger partial charge is 0.123 e. The van der Waals surface area contributed by atoms with Crippen LogP contribution in [0, 0.1) is 0 Å². The molecule has 0 unspecified atom stereocenters. The molecule has 0 aromatic carbocycles. The molecule has 1 aromatic rings. The third-order valence-corrected chi connectivity index (χ3v) is 1.84. The second-order valence-electron chi connectivity index (χ2n) is 2.92. The molecule has 1 aromatic heterocycles. The maximum atomic E-state index is 5.47. The van der Waals surface area contributed by atoms with Gasteiger partial charge in [-0.05, 0) is 25.2 Å². The van der Waals surface area contributed by atoms with E-state index in [1.54, 1.807) is 0 Å². The number of pyridine rings is 1. The molecule has 0 saturated carbocycles. The fourth-order valence-corrected chi connectivity index (χ4v) is 0.953. The summed E-state index contributed by atoms with van der Waals surface area (Å²) in [5, 5.41) is 0. The van der Waals surface area contributed by atoms with Crippen molar-refractivity contribution in [2.45, 2.75) is 13.5 Å². The van der Waals surface area contributed by atoms with Crippen molar-refractivity contribution in [3.63, 3.8) is 0 Å². The Kier molecular flexibility index (Phi) is 3.05. The fourth-order valence-electron chi connectivity index (χ4n) is 0.953. The van der Waals surface area contributed by atoms with Gasteiger partial charge in [0.2, 0.25) is 0 Å². The molecule has 12 heavy (non-hydrogen) atoms. The highest BCUT2D eigenvalue weighted by Crippen LogP contribution is 2.03. The van der Waals surface area contributed by atoms with Crippen LogP contribution in [0.4, 0.5) is 5.82 Å². The van der Waals surface area contributed by atoms with E-state index >= 15 is 0 Å². The van der Waals surface area contributed by atoms with E-state index in [0.717, 1.165) is 13.1 Å². The van der Waals surface area contributed by atoms with Crippen LogP contribution in [0.5, 0.6) is 0 Å². The first-order valence-electron chi connectivity index (χ1n) is 4.11. The molecule has 0 atom stereocenters. The van der Waals surface area contributed by atoms with Crippen LogP contribution in [0.2, 0.25) is 0 Å². The van der Waals surface area contributed by atoms with E-state index in [4.69, 9.17) is 5.73 Å². The Balaban J connectivity index is 2.58. The minimum absolute atomic E-state index is 0.581. The zero-order chi connectivity index (χ0) is 8.97. The molecule has 0 bridgehead atoms. The van der Waals surface area contributed by atoms with Gasteiger partial charge >= 0.3 is 0 Å². The van der Waals surface area contributed by atoms with Gasteiger partial charge in [0.1, 0.15) is 5.82 Å². The Bertz CT molecular complexity index is 230. The van der Waals surface area contributed by atoms with E-state index in [1.165, 1.54) is 5.56 Å². The number of aromatic nitrogens is 1. The third kappa shape index (κ3) is 2.51. The van der Waals surface area contributed by atoms with Crippen LogP contribution in [0.3, 0.4) is 0 Å². The summed E-state index contributed by atoms with van der Waals surface area (Å²) in [5.74, 6) is 0.581. The van der Waals surface area contributed by atoms with Crippen molar-refractivity contribution in [1.82, 2.24) is 9.88 Å². The van der Waals surface area contributed by atoms with Crippen molar-refractivity contribution in [1.29, 1.82) is 0 Å². The number of anilines is 1. The van der Waals surface area contributed by atoms with Crippen LogP contribution in [-0.2, 0) is 6.54 Å². The topological polar surface area (TPSA) is 42.1 Å². The largest absolute Gasteiger partial charge is 0.384 e. The van der Waals surface area contributed by atoms with Crippen molar-refractivity contribution in [2.24, 2.45) is 0 Å². The number of hydrogen-bond acceptors (Lipinski definition) is 3. The summed E-state index contributed by atoms with van der Waals surface area (Å²) in [6, 6.07) is 3.84. The standard InChI is InChI=1S/C9H15N3/c1-3-12(2)7-8-4-5-9(10)11-6-8/h4-6H,3,7H2,1-2H3,(H2,10,11). The minimum atomic E-state index is 0.581. The summed E-state index contributed by atoms with van der Waals surface area (Å²) < 4.78 is 0. The maximum absolute atomic E-state index is 5.47. The summed E-state index contributed by atoms with van der Waals surface area (Å²) in [7, 11) is 2.08. The molecule has 2 N–H and O–H groups in total. The molecule has 1 rings (SSSR count). The summed E-state index contributed by atoms with van der Waals surface area (Å²) in [6.07, 6.45) is 1.82. The molecule has 0 aliphatic heterocycles. The zero-order valence-corrected chi connectivity index (χ0v) is 7.62. The van der Waals surface area contributed by atoms with Crippen LogP contribution in [0.15, 0.2) is 18.3 Å². The summed E-state index contributed by atoms with van der Waals surface area (Å²) in [5.41, 5.74) is 6.67. The second kappa shape index (κ2) is 4.07. The number of nitrogen functional groups attached to an aromatic ring is 1. The highest BCUT2D eigenvalue weighted by molar-refractivity contribution is 5.29. The molecule has 3 heteroatoms. The Morgan fingerprint density at radius 2 is 2.25 bits per heavy atom. The Morgan fingerprint density at radius 1 is 1.50 bits per heavy atom. The van der Waals surface area contributed by atoms with Crippen LogP contribution in [-0.4, -0.2) is 23.5 Å². The predicted octanol–water partition coefficient (Wildman–Crippen LogP) is 1.12. The molecule has 0 aliphatic carbocycles. The van der Waals surface area contributed by atoms with Gasteiger partial charge in [0, 0.05) is 12.7 Å². The van der Waals surface area contributed by atoms with Gasteiger partial charge < -0.3 is 10.6 Å². The molecular weight excluding hydrogens is 150 g/mol. The first-order valence-corrected chi connectivity index (χ1v) is 4.11. The van der Waals surface area contributed by atoms with Crippen molar-refractivity contribution in [3.8, 4) is 0 Å². The lowest BCUT2D eigenvalue weighted by molar-refractivity contribution is 0.345. The zero-order valence-electron chi connectivity index (χ0n) is 7.62. The monoisotopic (exact) mass is 165 g/mol. The van der Waals surface area contributed by atoms with Crippen molar-refractivity contribution >= 4 is 5.82 Å². The highest BCUT2D eigenvalue weighted by atomic mass is 15.1. The quantitative estimate of drug-likeness (QED) is 0.729. The van der Waals surface area contributed by atoms with Gasteiger partial charge in [-0.2, -0.15) is 0 Å². The molecule has 0 spiro atoms. The fraction of sp³-hybridized carbons (Fsp3) is 0.444. The highest BCUT2D eigenvalue weighted by Gasteiger charge is 1.96. The first-order chi connectivity index (χ1) is 5.72. The molecule has 66 valence electrons. The lowest BCUT2D eigenvalue weighted by Crippen LogP contribution is -2.16. The Labute approximate surface area is 73.2 Å². The molecule has 0 saturated heterocycles. The summed E-state index contributed by atoms with van der Waals surface area (Å²) in [6.45, 7) is 4.11. The van der Waals surface area contributed by atoms with Crippen molar-refractivity contribution < 1.29 is 0 Å². The van der Waals surface area contributed by atoms with Crippen molar-refractivity contribution in [3.05, 3.63) is 23.9 Å². The van der Waals surface area contributed by atoms with Crippen molar-refractivity contribution in [2.75, 3.05) is 19.3 Å². The molecule has 0 radical (unpaired) electrons. The van der Waals surface area contributed by atoms with E-state index in [1.807, 2.05) is 18.3 Å². The number of nitrogens with two attached hydrogens (primary N) is 1. The van der Waals surface area contributed by atoms with Gasteiger partial charge in [0.25, 0.3) is 0 Å². The van der Waals surface area contributed by atoms with Crippen LogP contribution >= 0.6 is 0 Å². The van der Waals surface area contributed by atoms with Gasteiger partial charge in [0.15, 0.2) is 0 Å². The van der Waals surface area contributed by atoms with E-state index < -0.39 is 0 Å². The van der Waals surface area contributed by atoms with Gasteiger partial charge in [-0.1, -0.05) is 13.0 Å². The molecule has 0 fully saturated rings. The minimum Gasteiger partial charge on any atom is -0.384 e. The lowest BCUT2D eigenvalue weighted by Gasteiger charge is -2.12. The van der Waals surface area contributed by atoms with Crippen LogP contribution < -0.4 is 5.73 Å². The van der Waals surface area contributed by atoms with Gasteiger partial charge in [-0.3, -0.25) is 0 Å². The summed E-state index contributed by atoms with van der Waals surface area (Å²) in [4.78, 5) is 6.23. The normalized spacial score (nSPS) is 10.6. The van der Waals surface area contributed by atoms with Gasteiger partial charge in [-0.15, -0.1) is 0 Å². The average Bonchev–Trinajstić information content (AvgIpc) is 2.09. The van der Waals surface area contributed by atoms with E-state index in [2.05, 4.69) is 23.9 Å². The SMILES string of the molecule is CCN(C)Cc1ccc(N)nc1. The maximum Gasteiger partial charge on any atom is 0.123 e. The third-order valence-electron chi connectivity index (χ3n) is 1.84. The molecule has 1 heterocycles. The van der Waals surface area contributed by atoms with E-state index in [0.29, 0.717) is 5.82 Å². The Morgan fingerprint density at radius 3 is 2.75 bits per heavy atom. The van der Waals surface area contributed by atoms with Gasteiger partial charge in [-0.25, -0.2) is 4.98 Å². The summed E-state index contributed by atoms with van der Waals surface area (Å²) >= 11 is 0. The first kappa shape index (κ1) is 9.00. The lowest BCUT2D eigenvalue weighted by atomic mass is 10.2. The Hall–Kier alpha value is -1.09. The number of nitrogens with zero attached hydrogens (tertiary/aromatic N) is 2. The van der Waals surface area contributed by atoms with E-state index in [9.17, 15) is 0 Å². The van der Waals surface area contributed by atoms with Gasteiger partial charge in [0.05, 0.1) is 0 Å². The molecular formula is C9H15N3.